The van der Waals surface area contributed by atoms with E-state index in [9.17, 15) is 0 Å². The minimum atomic E-state index is -0.103. The lowest BCUT2D eigenvalue weighted by molar-refractivity contribution is 0.764. The van der Waals surface area contributed by atoms with Crippen molar-refractivity contribution >= 4 is 44.1 Å². The van der Waals surface area contributed by atoms with Gasteiger partial charge in [0.25, 0.3) is 0 Å². The molecular formula is C51H41N3S. The average molecular weight is 728 g/mol. The molecule has 0 amide bonds. The van der Waals surface area contributed by atoms with Gasteiger partial charge in [-0.3, -0.25) is 4.99 Å². The Labute approximate surface area is 327 Å². The smallest absolute Gasteiger partial charge is 0.154 e. The number of fused-ring (bicyclic) bond motifs is 1. The number of aliphatic imine (C=N–C) groups is 2. The number of amidine groups is 1. The quantitative estimate of drug-likeness (QED) is 0.0850. The van der Waals surface area contributed by atoms with Gasteiger partial charge in [-0.1, -0.05) is 188 Å². The number of nitrogens with zero attached hydrogens (tertiary/aromatic N) is 2. The molecule has 8 rings (SSSR count). The summed E-state index contributed by atoms with van der Waals surface area (Å²) in [6.45, 7) is 0. The molecule has 3 nitrogen and oxygen atoms in total. The van der Waals surface area contributed by atoms with Crippen LogP contribution in [-0.2, 0) is 0 Å². The lowest BCUT2D eigenvalue weighted by Gasteiger charge is -2.19. The number of hydrogen-bond acceptors (Lipinski definition) is 3. The van der Waals surface area contributed by atoms with Gasteiger partial charge in [0, 0.05) is 22.2 Å². The first-order valence-electron chi connectivity index (χ1n) is 18.6. The van der Waals surface area contributed by atoms with Gasteiger partial charge in [-0.2, -0.15) is 0 Å². The Morgan fingerprint density at radius 1 is 0.473 bits per heavy atom. The molecule has 0 saturated heterocycles. The second-order valence-electron chi connectivity index (χ2n) is 13.3. The Bertz CT molecular complexity index is 2510. The number of benzene rings is 7. The molecule has 0 fully saturated rings. The van der Waals surface area contributed by atoms with Crippen molar-refractivity contribution in [1.82, 2.24) is 5.32 Å². The third-order valence-corrected chi connectivity index (χ3v) is 11.1. The Morgan fingerprint density at radius 3 is 1.35 bits per heavy atom. The molecule has 1 aromatic heterocycles. The van der Waals surface area contributed by atoms with Crippen molar-refractivity contribution in [3.05, 3.63) is 238 Å². The fraction of sp³-hybridized carbons (Fsp3) is 0.0588. The zero-order chi connectivity index (χ0) is 37.4. The summed E-state index contributed by atoms with van der Waals surface area (Å²) in [6, 6.07) is 70.7. The summed E-state index contributed by atoms with van der Waals surface area (Å²) in [5.74, 6) is 0.689. The standard InChI is InChI=1S/C51H41N3S/c1-52-50(46-35-44-25-15-16-26-45(44)55-46)49(42-23-13-6-14-24-42)54-51(53-2)43-33-29-37(30-34-43)36-27-31-41(32-28-36)48(40-21-11-5-12-22-40)47(38-17-7-3-8-18-38)39-19-9-4-10-20-39/h3-35,50,52H,1-2H3/b53-51-,54-49-. The van der Waals surface area contributed by atoms with Crippen LogP contribution in [0, 0.1) is 0 Å². The predicted octanol–water partition coefficient (Wildman–Crippen LogP) is 12.4. The van der Waals surface area contributed by atoms with Crippen LogP contribution in [0.2, 0.25) is 0 Å². The Hall–Kier alpha value is -6.46. The fourth-order valence-electron chi connectivity index (χ4n) is 7.19. The molecule has 4 heteroatoms. The van der Waals surface area contributed by atoms with E-state index in [-0.39, 0.29) is 6.04 Å². The molecule has 1 atom stereocenters. The van der Waals surface area contributed by atoms with Crippen molar-refractivity contribution in [1.29, 1.82) is 0 Å². The molecule has 1 unspecified atom stereocenters. The highest BCUT2D eigenvalue weighted by atomic mass is 32.1. The molecule has 0 radical (unpaired) electrons. The topological polar surface area (TPSA) is 36.8 Å². The Balaban J connectivity index is 1.14. The monoisotopic (exact) mass is 727 g/mol. The molecule has 1 N–H and O–H groups in total. The van der Waals surface area contributed by atoms with Crippen LogP contribution >= 0.6 is 11.3 Å². The van der Waals surface area contributed by atoms with Crippen LogP contribution in [0.3, 0.4) is 0 Å². The Morgan fingerprint density at radius 2 is 0.891 bits per heavy atom. The van der Waals surface area contributed by atoms with Crippen LogP contribution in [0.5, 0.6) is 0 Å². The van der Waals surface area contributed by atoms with Gasteiger partial charge in [0.2, 0.25) is 0 Å². The highest BCUT2D eigenvalue weighted by molar-refractivity contribution is 7.19. The maximum absolute atomic E-state index is 5.29. The molecule has 0 aliphatic heterocycles. The van der Waals surface area contributed by atoms with Crippen molar-refractivity contribution in [2.75, 3.05) is 14.1 Å². The molecule has 55 heavy (non-hydrogen) atoms. The van der Waals surface area contributed by atoms with Gasteiger partial charge < -0.3 is 5.32 Å². The van der Waals surface area contributed by atoms with E-state index < -0.39 is 0 Å². The first-order chi connectivity index (χ1) is 27.2. The number of nitrogens with one attached hydrogen (secondary N) is 1. The second kappa shape index (κ2) is 16.7. The van der Waals surface area contributed by atoms with Crippen molar-refractivity contribution in [3.8, 4) is 11.1 Å². The van der Waals surface area contributed by atoms with Crippen molar-refractivity contribution in [2.24, 2.45) is 9.98 Å². The summed E-state index contributed by atoms with van der Waals surface area (Å²) in [5, 5.41) is 4.80. The second-order valence-corrected chi connectivity index (χ2v) is 14.4. The maximum atomic E-state index is 5.29. The van der Waals surface area contributed by atoms with E-state index >= 15 is 0 Å². The van der Waals surface area contributed by atoms with Gasteiger partial charge in [0.15, 0.2) is 5.84 Å². The van der Waals surface area contributed by atoms with Crippen LogP contribution in [0.4, 0.5) is 0 Å². The predicted molar refractivity (Wildman–Crippen MR) is 235 cm³/mol. The third-order valence-electron chi connectivity index (χ3n) is 9.89. The molecule has 0 aliphatic rings. The zero-order valence-corrected chi connectivity index (χ0v) is 31.7. The first-order valence-corrected chi connectivity index (χ1v) is 19.4. The van der Waals surface area contributed by atoms with Gasteiger partial charge in [-0.25, -0.2) is 4.99 Å². The highest BCUT2D eigenvalue weighted by Crippen LogP contribution is 2.38. The first kappa shape index (κ1) is 35.6. The van der Waals surface area contributed by atoms with Crippen LogP contribution in [0.15, 0.2) is 210 Å². The lowest BCUT2D eigenvalue weighted by atomic mass is 9.85. The fourth-order valence-corrected chi connectivity index (χ4v) is 8.37. The summed E-state index contributed by atoms with van der Waals surface area (Å²) in [6.07, 6.45) is 0. The number of likely N-dealkylation sites (N-methyl/N-ethyl adjacent to an activating group) is 1. The van der Waals surface area contributed by atoms with E-state index in [1.165, 1.54) is 42.8 Å². The molecular weight excluding hydrogens is 687 g/mol. The highest BCUT2D eigenvalue weighted by Gasteiger charge is 2.22. The average Bonchev–Trinajstić information content (AvgIpc) is 3.70. The summed E-state index contributed by atoms with van der Waals surface area (Å²) in [5.41, 5.74) is 12.4. The summed E-state index contributed by atoms with van der Waals surface area (Å²) in [7, 11) is 3.82. The van der Waals surface area contributed by atoms with E-state index in [0.717, 1.165) is 33.5 Å². The van der Waals surface area contributed by atoms with Gasteiger partial charge in [0.05, 0.1) is 11.8 Å². The van der Waals surface area contributed by atoms with Crippen molar-refractivity contribution in [3.63, 3.8) is 0 Å². The largest absolute Gasteiger partial charge is 0.307 e. The van der Waals surface area contributed by atoms with Crippen LogP contribution in [0.1, 0.15) is 44.3 Å². The molecule has 7 aromatic carbocycles. The van der Waals surface area contributed by atoms with Crippen LogP contribution < -0.4 is 5.32 Å². The summed E-state index contributed by atoms with van der Waals surface area (Å²) < 4.78 is 1.26. The van der Waals surface area contributed by atoms with E-state index in [1.807, 2.05) is 20.2 Å². The van der Waals surface area contributed by atoms with Gasteiger partial charge in [0.1, 0.15) is 0 Å². The Kier molecular flexibility index (Phi) is 10.8. The van der Waals surface area contributed by atoms with Crippen molar-refractivity contribution < 1.29 is 0 Å². The van der Waals surface area contributed by atoms with Crippen molar-refractivity contribution in [2.45, 2.75) is 6.04 Å². The van der Waals surface area contributed by atoms with Gasteiger partial charge in [-0.05, 0) is 74.7 Å². The maximum Gasteiger partial charge on any atom is 0.154 e. The molecule has 266 valence electrons. The molecule has 0 spiro atoms. The van der Waals surface area contributed by atoms with E-state index in [0.29, 0.717) is 5.84 Å². The SMILES string of the molecule is C/N=C(\N=C(\c1ccccc1)C(NC)c1cc2ccccc2s1)c1ccc(-c2ccc(C(=C(c3ccccc3)c3ccccc3)c3ccccc3)cc2)cc1. The molecule has 0 saturated carbocycles. The van der Waals surface area contributed by atoms with E-state index in [2.05, 4.69) is 199 Å². The summed E-state index contributed by atoms with van der Waals surface area (Å²) in [4.78, 5) is 11.2. The minimum Gasteiger partial charge on any atom is -0.307 e. The lowest BCUT2D eigenvalue weighted by Crippen LogP contribution is -2.26. The molecule has 0 bridgehead atoms. The van der Waals surface area contributed by atoms with Gasteiger partial charge >= 0.3 is 0 Å². The molecule has 8 aromatic rings. The number of thiophene rings is 1. The van der Waals surface area contributed by atoms with Crippen LogP contribution in [-0.4, -0.2) is 25.6 Å². The zero-order valence-electron chi connectivity index (χ0n) is 30.9. The van der Waals surface area contributed by atoms with Crippen LogP contribution in [0.25, 0.3) is 32.4 Å². The number of rotatable bonds is 10. The van der Waals surface area contributed by atoms with E-state index in [1.54, 1.807) is 11.3 Å². The molecule has 0 aliphatic carbocycles. The van der Waals surface area contributed by atoms with Gasteiger partial charge in [-0.15, -0.1) is 11.3 Å². The third kappa shape index (κ3) is 7.78. The minimum absolute atomic E-state index is 0.103. The normalized spacial score (nSPS) is 12.4. The summed E-state index contributed by atoms with van der Waals surface area (Å²) >= 11 is 1.80. The molecule has 1 heterocycles. The van der Waals surface area contributed by atoms with E-state index in [4.69, 9.17) is 9.98 Å². The number of hydrogen-bond donors (Lipinski definition) is 1.